The van der Waals surface area contributed by atoms with Crippen molar-refractivity contribution >= 4 is 41.8 Å². The fourth-order valence-electron chi connectivity index (χ4n) is 6.02. The molecule has 3 aromatic rings. The normalized spacial score (nSPS) is 19.5. The lowest BCUT2D eigenvalue weighted by molar-refractivity contribution is 0.0606. The first kappa shape index (κ1) is 32.1. The van der Waals surface area contributed by atoms with E-state index < -0.39 is 0 Å². The largest absolute Gasteiger partial charge is 0.465 e. The van der Waals surface area contributed by atoms with Gasteiger partial charge in [0.2, 0.25) is 0 Å². The Labute approximate surface area is 261 Å². The number of carbonyl (C=O) groups is 1. The van der Waals surface area contributed by atoms with Crippen LogP contribution in [0.4, 0.5) is 0 Å². The van der Waals surface area contributed by atoms with Crippen LogP contribution < -0.4 is 0 Å². The zero-order chi connectivity index (χ0) is 30.4. The topological polar surface area (TPSA) is 47.4 Å². The third-order valence-electron chi connectivity index (χ3n) is 8.44. The molecule has 2 aliphatic rings. The number of carbonyl (C=O) groups excluding carboxylic acids is 1. The van der Waals surface area contributed by atoms with Gasteiger partial charge in [0.15, 0.2) is 5.82 Å². The van der Waals surface area contributed by atoms with Crippen molar-refractivity contribution in [1.82, 2.24) is 13.9 Å². The summed E-state index contributed by atoms with van der Waals surface area (Å²) in [5.74, 6) is 1.95. The van der Waals surface area contributed by atoms with Crippen LogP contribution in [0.25, 0.3) is 33.5 Å². The van der Waals surface area contributed by atoms with Crippen molar-refractivity contribution in [2.45, 2.75) is 59.8 Å². The Bertz CT molecular complexity index is 1450. The number of benzene rings is 1. The number of imidazole rings is 1. The third-order valence-corrected chi connectivity index (χ3v) is 10.1. The van der Waals surface area contributed by atoms with Crippen LogP contribution in [0.3, 0.4) is 0 Å². The third kappa shape index (κ3) is 6.85. The van der Waals surface area contributed by atoms with Crippen LogP contribution >= 0.6 is 24.2 Å². The van der Waals surface area contributed by atoms with Gasteiger partial charge in [-0.05, 0) is 73.9 Å². The van der Waals surface area contributed by atoms with E-state index in [4.69, 9.17) is 9.72 Å². The Morgan fingerprint density at radius 3 is 2.45 bits per heavy atom. The molecule has 0 atom stereocenters. The molecule has 1 aromatic carbocycles. The first-order chi connectivity index (χ1) is 20.3. The van der Waals surface area contributed by atoms with Crippen molar-refractivity contribution in [3.63, 3.8) is 0 Å². The number of hydrogen-bond donors (Lipinski definition) is 1. The van der Waals surface area contributed by atoms with Gasteiger partial charge in [-0.15, -0.1) is 11.3 Å². The van der Waals surface area contributed by atoms with E-state index in [1.165, 1.54) is 55.3 Å². The van der Waals surface area contributed by atoms with Gasteiger partial charge >= 0.3 is 5.97 Å². The minimum absolute atomic E-state index is 0.251. The molecule has 1 fully saturated rings. The molecule has 42 heavy (non-hydrogen) atoms. The highest BCUT2D eigenvalue weighted by molar-refractivity contribution is 7.78. The highest BCUT2D eigenvalue weighted by Gasteiger charge is 2.30. The highest BCUT2D eigenvalue weighted by Crippen LogP contribution is 2.43. The maximum atomic E-state index is 13.0. The zero-order valence-electron chi connectivity index (χ0n) is 25.9. The Kier molecular flexibility index (Phi) is 11.1. The molecular formula is C35H45N3O2S2. The summed E-state index contributed by atoms with van der Waals surface area (Å²) in [6.07, 6.45) is 11.6. The zero-order valence-corrected chi connectivity index (χ0v) is 27.7. The molecule has 2 aromatic heterocycles. The van der Waals surface area contributed by atoms with Crippen molar-refractivity contribution in [1.29, 1.82) is 0 Å². The molecular weight excluding hydrogens is 559 g/mol. The standard InChI is InChI=1S/C33H39N3O2S2.C2H6/c1-6-7-8-29-22(3)36(39)32(34-29)25-15-13-24(14-16-25)30-19-27(31(40-30)33(37)38-5)26-17-18-35(4)20-28(26)23-11-9-21(2)10-12-23;1-2/h6-8,13-16,19,21,23,39H,1,9-12,17-18,20H2,2-5H3;1-2H3/b8-7-;. The average molecular weight is 604 g/mol. The molecule has 0 saturated heterocycles. The van der Waals surface area contributed by atoms with E-state index in [9.17, 15) is 4.79 Å². The predicted molar refractivity (Wildman–Crippen MR) is 182 cm³/mol. The van der Waals surface area contributed by atoms with E-state index in [0.717, 1.165) is 64.2 Å². The van der Waals surface area contributed by atoms with Gasteiger partial charge in [-0.1, -0.05) is 89.4 Å². The fraction of sp³-hybridized carbons (Fsp3) is 0.429. The molecule has 3 heterocycles. The maximum Gasteiger partial charge on any atom is 0.348 e. The summed E-state index contributed by atoms with van der Waals surface area (Å²) in [5.41, 5.74) is 7.87. The number of likely N-dealkylation sites (N-methyl/N-ethyl adjacent to an activating group) is 1. The Morgan fingerprint density at radius 2 is 1.81 bits per heavy atom. The molecule has 1 aliphatic heterocycles. The van der Waals surface area contributed by atoms with Crippen molar-refractivity contribution in [3.05, 3.63) is 76.5 Å². The highest BCUT2D eigenvalue weighted by atomic mass is 32.1. The number of thiol groups is 1. The average Bonchev–Trinajstić information content (AvgIpc) is 3.58. The van der Waals surface area contributed by atoms with Gasteiger partial charge in [-0.3, -0.25) is 3.97 Å². The summed E-state index contributed by atoms with van der Waals surface area (Å²) in [4.78, 5) is 22.0. The molecule has 1 aliphatic carbocycles. The van der Waals surface area contributed by atoms with Gasteiger partial charge in [-0.2, -0.15) is 0 Å². The summed E-state index contributed by atoms with van der Waals surface area (Å²) in [7, 11) is 3.69. The molecule has 5 rings (SSSR count). The van der Waals surface area contributed by atoms with E-state index in [1.54, 1.807) is 6.08 Å². The number of esters is 1. The molecule has 7 heteroatoms. The Morgan fingerprint density at radius 1 is 1.14 bits per heavy atom. The number of thiophene rings is 1. The molecule has 0 unspecified atom stereocenters. The van der Waals surface area contributed by atoms with E-state index in [2.05, 4.69) is 68.6 Å². The van der Waals surface area contributed by atoms with Crippen LogP contribution in [0.5, 0.6) is 0 Å². The van der Waals surface area contributed by atoms with Gasteiger partial charge in [0.05, 0.1) is 18.5 Å². The van der Waals surface area contributed by atoms with E-state index in [0.29, 0.717) is 10.8 Å². The number of rotatable bonds is 7. The number of nitrogens with zero attached hydrogens (tertiary/aromatic N) is 3. The first-order valence-corrected chi connectivity index (χ1v) is 16.3. The minimum atomic E-state index is -0.251. The van der Waals surface area contributed by atoms with Gasteiger partial charge < -0.3 is 9.64 Å². The monoisotopic (exact) mass is 603 g/mol. The van der Waals surface area contributed by atoms with E-state index in [1.807, 2.05) is 36.9 Å². The Hall–Kier alpha value is -2.87. The molecule has 1 saturated carbocycles. The second kappa shape index (κ2) is 14.5. The first-order valence-electron chi connectivity index (χ1n) is 15.1. The second-order valence-electron chi connectivity index (χ2n) is 11.2. The molecule has 0 bridgehead atoms. The molecule has 5 nitrogen and oxygen atoms in total. The number of hydrogen-bond acceptors (Lipinski definition) is 6. The predicted octanol–water partition coefficient (Wildman–Crippen LogP) is 9.21. The van der Waals surface area contributed by atoms with Gasteiger partial charge in [0.25, 0.3) is 0 Å². The second-order valence-corrected chi connectivity index (χ2v) is 12.6. The van der Waals surface area contributed by atoms with Crippen LogP contribution in [0.2, 0.25) is 0 Å². The number of aromatic nitrogens is 2. The SMILES string of the molecule is C=C/C=C\c1nc(-c2ccc(-c3cc(C4=C(C5CCC(C)CC5)CN(C)CC4)c(C(=O)OC)s3)cc2)n(S)c1C.CC. The summed E-state index contributed by atoms with van der Waals surface area (Å²) in [6, 6.07) is 10.6. The van der Waals surface area contributed by atoms with Crippen molar-refractivity contribution in [3.8, 4) is 21.8 Å². The van der Waals surface area contributed by atoms with Crippen molar-refractivity contribution < 1.29 is 9.53 Å². The van der Waals surface area contributed by atoms with Gasteiger partial charge in [0, 0.05) is 29.1 Å². The van der Waals surface area contributed by atoms with Crippen LogP contribution in [0, 0.1) is 18.8 Å². The molecule has 0 spiro atoms. The smallest absolute Gasteiger partial charge is 0.348 e. The molecule has 224 valence electrons. The van der Waals surface area contributed by atoms with Crippen LogP contribution in [-0.4, -0.2) is 47.1 Å². The van der Waals surface area contributed by atoms with Crippen molar-refractivity contribution in [2.75, 3.05) is 27.2 Å². The minimum Gasteiger partial charge on any atom is -0.465 e. The Balaban J connectivity index is 0.00000198. The van der Waals surface area contributed by atoms with Crippen LogP contribution in [-0.2, 0) is 4.74 Å². The van der Waals surface area contributed by atoms with Crippen LogP contribution in [0.1, 0.15) is 79.5 Å². The van der Waals surface area contributed by atoms with Crippen LogP contribution in [0.15, 0.2) is 54.6 Å². The van der Waals surface area contributed by atoms with E-state index >= 15 is 0 Å². The molecule has 0 N–H and O–H groups in total. The molecule has 0 radical (unpaired) electrons. The molecule has 0 amide bonds. The summed E-state index contributed by atoms with van der Waals surface area (Å²) >= 11 is 6.20. The summed E-state index contributed by atoms with van der Waals surface area (Å²) < 4.78 is 7.09. The lowest BCUT2D eigenvalue weighted by atomic mass is 9.75. The van der Waals surface area contributed by atoms with Crippen molar-refractivity contribution in [2.24, 2.45) is 11.8 Å². The van der Waals surface area contributed by atoms with Gasteiger partial charge in [0.1, 0.15) is 4.88 Å². The quantitative estimate of drug-likeness (QED) is 0.166. The fourth-order valence-corrected chi connectivity index (χ4v) is 7.39. The lowest BCUT2D eigenvalue weighted by Gasteiger charge is -2.35. The number of allylic oxidation sites excluding steroid dienone is 2. The van der Waals surface area contributed by atoms with Gasteiger partial charge in [-0.25, -0.2) is 9.78 Å². The summed E-state index contributed by atoms with van der Waals surface area (Å²) in [6.45, 7) is 14.1. The number of methoxy groups -OCH3 is 1. The lowest BCUT2D eigenvalue weighted by Crippen LogP contribution is -2.31. The maximum absolute atomic E-state index is 13.0. The van der Waals surface area contributed by atoms with E-state index in [-0.39, 0.29) is 5.97 Å². The summed E-state index contributed by atoms with van der Waals surface area (Å²) in [5, 5.41) is 0. The number of ether oxygens (including phenoxy) is 1.